The molecule has 0 aromatic carbocycles. The van der Waals surface area contributed by atoms with Crippen molar-refractivity contribution in [2.75, 3.05) is 5.32 Å². The van der Waals surface area contributed by atoms with E-state index in [0.717, 1.165) is 64.5 Å². The first-order valence-electron chi connectivity index (χ1n) is 11.2. The summed E-state index contributed by atoms with van der Waals surface area (Å²) in [7, 11) is 0. The van der Waals surface area contributed by atoms with Crippen LogP contribution in [0.2, 0.25) is 0 Å². The highest BCUT2D eigenvalue weighted by Gasteiger charge is 2.41. The molecule has 5 nitrogen and oxygen atoms in total. The molecule has 0 spiro atoms. The predicted molar refractivity (Wildman–Crippen MR) is 134 cm³/mol. The lowest BCUT2D eigenvalue weighted by atomic mass is 9.75. The van der Waals surface area contributed by atoms with Gasteiger partial charge in [-0.05, 0) is 90.6 Å². The normalized spacial score (nSPS) is 20.5. The van der Waals surface area contributed by atoms with Gasteiger partial charge in [-0.15, -0.1) is 11.3 Å². The number of halogens is 4. The summed E-state index contributed by atoms with van der Waals surface area (Å²) >= 11 is 4.98. The number of aliphatic hydroxyl groups is 1. The van der Waals surface area contributed by atoms with Gasteiger partial charge in [0.05, 0.1) is 16.1 Å². The first-order valence-corrected chi connectivity index (χ1v) is 12.8. The Hall–Kier alpha value is -2.56. The molecule has 0 bridgehead atoms. The second-order valence-corrected chi connectivity index (χ2v) is 10.9. The maximum atomic E-state index is 13.1. The third kappa shape index (κ3) is 4.92. The Morgan fingerprint density at radius 2 is 1.94 bits per heavy atom. The van der Waals surface area contributed by atoms with Crippen LogP contribution in [0, 0.1) is 6.92 Å². The second-order valence-electron chi connectivity index (χ2n) is 8.81. The summed E-state index contributed by atoms with van der Waals surface area (Å²) in [6.45, 7) is 1.88. The van der Waals surface area contributed by atoms with Crippen LogP contribution in [0.1, 0.15) is 48.2 Å². The van der Waals surface area contributed by atoms with Crippen LogP contribution in [0.25, 0.3) is 10.6 Å². The number of anilines is 2. The summed E-state index contributed by atoms with van der Waals surface area (Å²) in [5.41, 5.74) is 1.86. The van der Waals surface area contributed by atoms with Crippen molar-refractivity contribution >= 4 is 38.9 Å². The minimum Gasteiger partial charge on any atom is -0.378 e. The van der Waals surface area contributed by atoms with E-state index >= 15 is 0 Å². The SMILES string of the molecule is Cc1cc(Nc2cc(C(F)(F)F)ccn2)nc(-c2cnc([C@@]3(O)CCCC4=C3CCC(Br)=C4)s2)c1. The van der Waals surface area contributed by atoms with Gasteiger partial charge in [0.15, 0.2) is 0 Å². The first kappa shape index (κ1) is 24.1. The lowest BCUT2D eigenvalue weighted by Crippen LogP contribution is -2.32. The van der Waals surface area contributed by atoms with E-state index in [1.165, 1.54) is 16.9 Å². The molecule has 0 saturated carbocycles. The molecule has 0 saturated heterocycles. The number of alkyl halides is 3. The van der Waals surface area contributed by atoms with E-state index in [1.54, 1.807) is 12.3 Å². The zero-order chi connectivity index (χ0) is 24.8. The Balaban J connectivity index is 1.45. The minimum atomic E-state index is -4.46. The number of pyridine rings is 2. The molecular weight excluding hydrogens is 541 g/mol. The number of hydrogen-bond donors (Lipinski definition) is 2. The summed E-state index contributed by atoms with van der Waals surface area (Å²) in [5.74, 6) is 0.437. The topological polar surface area (TPSA) is 70.9 Å². The molecule has 3 aromatic rings. The fraction of sp³-hybridized carbons (Fsp3) is 0.320. The number of allylic oxidation sites excluding steroid dienone is 3. The highest BCUT2D eigenvalue weighted by atomic mass is 79.9. The summed E-state index contributed by atoms with van der Waals surface area (Å²) in [5, 5.41) is 15.2. The molecule has 0 unspecified atom stereocenters. The van der Waals surface area contributed by atoms with Gasteiger partial charge in [-0.1, -0.05) is 15.9 Å². The third-order valence-corrected chi connectivity index (χ3v) is 8.04. The predicted octanol–water partition coefficient (Wildman–Crippen LogP) is 7.41. The van der Waals surface area contributed by atoms with Crippen molar-refractivity contribution in [2.45, 2.75) is 50.8 Å². The van der Waals surface area contributed by atoms with Crippen LogP contribution in [0.3, 0.4) is 0 Å². The van der Waals surface area contributed by atoms with Crippen molar-refractivity contribution in [2.24, 2.45) is 0 Å². The maximum Gasteiger partial charge on any atom is 0.416 e. The van der Waals surface area contributed by atoms with Gasteiger partial charge in [-0.3, -0.25) is 0 Å². The van der Waals surface area contributed by atoms with E-state index in [1.807, 2.05) is 13.0 Å². The van der Waals surface area contributed by atoms with Crippen molar-refractivity contribution in [3.8, 4) is 10.6 Å². The Morgan fingerprint density at radius 3 is 2.74 bits per heavy atom. The van der Waals surface area contributed by atoms with Crippen molar-refractivity contribution in [1.82, 2.24) is 15.0 Å². The Bertz CT molecular complexity index is 1350. The van der Waals surface area contributed by atoms with E-state index in [9.17, 15) is 18.3 Å². The highest BCUT2D eigenvalue weighted by Crippen LogP contribution is 2.48. The van der Waals surface area contributed by atoms with Gasteiger partial charge in [-0.2, -0.15) is 13.2 Å². The molecule has 182 valence electrons. The number of aromatic nitrogens is 3. The Labute approximate surface area is 213 Å². The lowest BCUT2D eigenvalue weighted by molar-refractivity contribution is -0.137. The number of thiazole rings is 1. The maximum absolute atomic E-state index is 13.1. The number of nitrogens with zero attached hydrogens (tertiary/aromatic N) is 3. The van der Waals surface area contributed by atoms with Crippen molar-refractivity contribution < 1.29 is 18.3 Å². The fourth-order valence-electron chi connectivity index (χ4n) is 4.62. The van der Waals surface area contributed by atoms with E-state index in [4.69, 9.17) is 0 Å². The molecule has 35 heavy (non-hydrogen) atoms. The monoisotopic (exact) mass is 562 g/mol. The van der Waals surface area contributed by atoms with Crippen molar-refractivity contribution in [3.05, 3.63) is 74.5 Å². The molecule has 3 heterocycles. The fourth-order valence-corrected chi connectivity index (χ4v) is 6.12. The lowest BCUT2D eigenvalue weighted by Gasteiger charge is -2.36. The van der Waals surface area contributed by atoms with Crippen molar-refractivity contribution in [3.63, 3.8) is 0 Å². The van der Waals surface area contributed by atoms with Crippen LogP contribution < -0.4 is 5.32 Å². The van der Waals surface area contributed by atoms with Gasteiger partial charge in [-0.25, -0.2) is 15.0 Å². The average Bonchev–Trinajstić information content (AvgIpc) is 3.30. The van der Waals surface area contributed by atoms with Crippen LogP contribution in [-0.4, -0.2) is 20.1 Å². The minimum absolute atomic E-state index is 0.0568. The van der Waals surface area contributed by atoms with Gasteiger partial charge in [0.1, 0.15) is 22.2 Å². The summed E-state index contributed by atoms with van der Waals surface area (Å²) in [4.78, 5) is 13.9. The molecular formula is C25H22BrF3N4OS. The zero-order valence-corrected chi connectivity index (χ0v) is 21.2. The van der Waals surface area contributed by atoms with Crippen LogP contribution in [0.4, 0.5) is 24.8 Å². The van der Waals surface area contributed by atoms with E-state index in [0.29, 0.717) is 22.9 Å². The van der Waals surface area contributed by atoms with Crippen LogP contribution in [0.15, 0.2) is 58.4 Å². The summed E-state index contributed by atoms with van der Waals surface area (Å²) < 4.78 is 40.3. The molecule has 1 atom stereocenters. The van der Waals surface area contributed by atoms with Gasteiger partial charge in [0, 0.05) is 12.4 Å². The molecule has 3 aromatic heterocycles. The van der Waals surface area contributed by atoms with Gasteiger partial charge in [0.2, 0.25) is 0 Å². The van der Waals surface area contributed by atoms with Gasteiger partial charge < -0.3 is 10.4 Å². The quantitative estimate of drug-likeness (QED) is 0.346. The van der Waals surface area contributed by atoms with Gasteiger partial charge in [0.25, 0.3) is 0 Å². The largest absolute Gasteiger partial charge is 0.416 e. The molecule has 10 heteroatoms. The first-order chi connectivity index (χ1) is 16.6. The zero-order valence-electron chi connectivity index (χ0n) is 18.8. The molecule has 0 amide bonds. The average molecular weight is 563 g/mol. The third-order valence-electron chi connectivity index (χ3n) is 6.24. The van der Waals surface area contributed by atoms with E-state index < -0.39 is 17.3 Å². The molecule has 2 N–H and O–H groups in total. The second kappa shape index (κ2) is 9.15. The summed E-state index contributed by atoms with van der Waals surface area (Å²) in [6, 6.07) is 5.51. The highest BCUT2D eigenvalue weighted by molar-refractivity contribution is 9.11. The van der Waals surface area contributed by atoms with Crippen LogP contribution in [-0.2, 0) is 11.8 Å². The Morgan fingerprint density at radius 1 is 1.11 bits per heavy atom. The molecule has 2 aliphatic rings. The molecule has 0 fully saturated rings. The van der Waals surface area contributed by atoms with Crippen LogP contribution in [0.5, 0.6) is 0 Å². The number of nitrogens with one attached hydrogen (secondary N) is 1. The number of aryl methyl sites for hydroxylation is 1. The standard InChI is InChI=1S/C25H22BrF3N4OS/c1-14-9-19(32-22(10-14)33-21-12-16(6-8-30-21)25(27,28)29)20-13-31-23(35-20)24(34)7-2-3-15-11-17(26)4-5-18(15)24/h6,8-13,34H,2-5,7H2,1H3,(H,30,32,33)/t24-/m1/s1. The summed E-state index contributed by atoms with van der Waals surface area (Å²) in [6.07, 6.45) is 4.59. The van der Waals surface area contributed by atoms with E-state index in [-0.39, 0.29) is 5.82 Å². The van der Waals surface area contributed by atoms with Crippen LogP contribution >= 0.6 is 27.3 Å². The molecule has 2 aliphatic carbocycles. The number of rotatable bonds is 4. The Kier molecular flexibility index (Phi) is 6.31. The van der Waals surface area contributed by atoms with Gasteiger partial charge >= 0.3 is 6.18 Å². The number of hydrogen-bond acceptors (Lipinski definition) is 6. The van der Waals surface area contributed by atoms with Crippen molar-refractivity contribution in [1.29, 1.82) is 0 Å². The molecule has 5 rings (SSSR count). The smallest absolute Gasteiger partial charge is 0.378 e. The molecule has 0 radical (unpaired) electrons. The molecule has 0 aliphatic heterocycles. The van der Waals surface area contributed by atoms with E-state index in [2.05, 4.69) is 42.3 Å².